The predicted molar refractivity (Wildman–Crippen MR) is 87.9 cm³/mol. The van der Waals surface area contributed by atoms with Crippen LogP contribution in [0, 0.1) is 16.0 Å². The number of nitrogens with one attached hydrogen (secondary N) is 2. The van der Waals surface area contributed by atoms with E-state index in [4.69, 9.17) is 5.73 Å². The van der Waals surface area contributed by atoms with Gasteiger partial charge in [0.15, 0.2) is 0 Å². The Morgan fingerprint density at radius 3 is 2.58 bits per heavy atom. The van der Waals surface area contributed by atoms with E-state index in [0.29, 0.717) is 12.8 Å². The van der Waals surface area contributed by atoms with Gasteiger partial charge in [-0.05, 0) is 32.0 Å². The SMILES string of the molecule is CNS(=O)(=O)c1ccc(N[C@H]2CCCC[C@H]2C(N)=O)c([N+](=O)[O-])c1. The topological polar surface area (TPSA) is 144 Å². The number of hydrogen-bond donors (Lipinski definition) is 3. The largest absolute Gasteiger partial charge is 0.376 e. The molecule has 2 rings (SSSR count). The van der Waals surface area contributed by atoms with Gasteiger partial charge in [0.1, 0.15) is 5.69 Å². The highest BCUT2D eigenvalue weighted by atomic mass is 32.2. The number of carbonyl (C=O) groups is 1. The molecule has 10 heteroatoms. The maximum absolute atomic E-state index is 11.8. The minimum atomic E-state index is -3.78. The van der Waals surface area contributed by atoms with Crippen molar-refractivity contribution < 1.29 is 18.1 Å². The Morgan fingerprint density at radius 2 is 2.00 bits per heavy atom. The average molecular weight is 356 g/mol. The number of benzene rings is 1. The molecule has 0 radical (unpaired) electrons. The summed E-state index contributed by atoms with van der Waals surface area (Å²) in [4.78, 5) is 22.0. The van der Waals surface area contributed by atoms with Crippen LogP contribution in [0.3, 0.4) is 0 Å². The van der Waals surface area contributed by atoms with Gasteiger partial charge in [-0.25, -0.2) is 13.1 Å². The minimum Gasteiger partial charge on any atom is -0.376 e. The molecule has 9 nitrogen and oxygen atoms in total. The van der Waals surface area contributed by atoms with E-state index in [1.54, 1.807) is 0 Å². The quantitative estimate of drug-likeness (QED) is 0.511. The lowest BCUT2D eigenvalue weighted by atomic mass is 9.84. The molecule has 1 aliphatic carbocycles. The van der Waals surface area contributed by atoms with Crippen molar-refractivity contribution in [2.24, 2.45) is 11.7 Å². The lowest BCUT2D eigenvalue weighted by Crippen LogP contribution is -2.40. The second kappa shape index (κ2) is 7.14. The van der Waals surface area contributed by atoms with Crippen LogP contribution in [0.5, 0.6) is 0 Å². The van der Waals surface area contributed by atoms with Crippen LogP contribution in [0.25, 0.3) is 0 Å². The van der Waals surface area contributed by atoms with Crippen LogP contribution in [-0.4, -0.2) is 32.3 Å². The van der Waals surface area contributed by atoms with Crippen molar-refractivity contribution in [2.75, 3.05) is 12.4 Å². The maximum atomic E-state index is 11.8. The first-order chi connectivity index (χ1) is 11.3. The Balaban J connectivity index is 2.36. The molecule has 2 atom stereocenters. The third-order valence-electron chi connectivity index (χ3n) is 4.22. The number of nitrogens with two attached hydrogens (primary N) is 1. The summed E-state index contributed by atoms with van der Waals surface area (Å²) >= 11 is 0. The molecule has 1 aliphatic rings. The van der Waals surface area contributed by atoms with E-state index in [2.05, 4.69) is 10.0 Å². The zero-order valence-electron chi connectivity index (χ0n) is 13.2. The van der Waals surface area contributed by atoms with Gasteiger partial charge in [0.2, 0.25) is 15.9 Å². The first-order valence-electron chi connectivity index (χ1n) is 7.54. The van der Waals surface area contributed by atoms with Crippen LogP contribution in [0.4, 0.5) is 11.4 Å². The number of hydrogen-bond acceptors (Lipinski definition) is 6. The Hall–Kier alpha value is -2.20. The lowest BCUT2D eigenvalue weighted by Gasteiger charge is -2.30. The van der Waals surface area contributed by atoms with Gasteiger partial charge in [-0.1, -0.05) is 12.8 Å². The number of rotatable bonds is 6. The molecule has 24 heavy (non-hydrogen) atoms. The van der Waals surface area contributed by atoms with Gasteiger partial charge in [-0.2, -0.15) is 0 Å². The molecule has 4 N–H and O–H groups in total. The normalized spacial score (nSPS) is 21.2. The standard InChI is InChI=1S/C14H20N4O5S/c1-16-24(22,23)9-6-7-12(13(8-9)18(20)21)17-11-5-3-2-4-10(11)14(15)19/h6-8,10-11,16-17H,2-5H2,1H3,(H2,15,19)/t10-,11+/m1/s1. The van der Waals surface area contributed by atoms with Crippen molar-refractivity contribution in [1.82, 2.24) is 4.72 Å². The van der Waals surface area contributed by atoms with E-state index in [1.165, 1.54) is 19.2 Å². The van der Waals surface area contributed by atoms with Gasteiger partial charge in [0.25, 0.3) is 5.69 Å². The number of primary amides is 1. The summed E-state index contributed by atoms with van der Waals surface area (Å²) in [5.74, 6) is -0.844. The molecule has 1 saturated carbocycles. The van der Waals surface area contributed by atoms with Gasteiger partial charge in [0, 0.05) is 12.1 Å². The summed E-state index contributed by atoms with van der Waals surface area (Å²) in [5.41, 5.74) is 5.22. The fraction of sp³-hybridized carbons (Fsp3) is 0.500. The number of sulfonamides is 1. The van der Waals surface area contributed by atoms with Gasteiger partial charge >= 0.3 is 0 Å². The lowest BCUT2D eigenvalue weighted by molar-refractivity contribution is -0.384. The van der Waals surface area contributed by atoms with Crippen LogP contribution < -0.4 is 15.8 Å². The van der Waals surface area contributed by atoms with Gasteiger partial charge in [-0.3, -0.25) is 14.9 Å². The Labute approximate surface area is 139 Å². The summed E-state index contributed by atoms with van der Waals surface area (Å²) < 4.78 is 25.7. The Bertz CT molecular complexity index is 750. The fourth-order valence-electron chi connectivity index (χ4n) is 2.91. The number of nitrogens with zero attached hydrogens (tertiary/aromatic N) is 1. The minimum absolute atomic E-state index is 0.174. The number of carbonyl (C=O) groups excluding carboxylic acids is 1. The molecule has 0 spiro atoms. The van der Waals surface area contributed by atoms with Crippen molar-refractivity contribution in [3.8, 4) is 0 Å². The first kappa shape index (κ1) is 18.1. The molecule has 0 unspecified atom stereocenters. The first-order valence-corrected chi connectivity index (χ1v) is 9.02. The van der Waals surface area contributed by atoms with Gasteiger partial charge in [-0.15, -0.1) is 0 Å². The number of anilines is 1. The van der Waals surface area contributed by atoms with Crippen LogP contribution in [0.15, 0.2) is 23.1 Å². The highest BCUT2D eigenvalue weighted by molar-refractivity contribution is 7.89. The van der Waals surface area contributed by atoms with Crippen LogP contribution in [0.1, 0.15) is 25.7 Å². The van der Waals surface area contributed by atoms with Crippen molar-refractivity contribution >= 4 is 27.3 Å². The van der Waals surface area contributed by atoms with Crippen molar-refractivity contribution in [3.63, 3.8) is 0 Å². The zero-order valence-corrected chi connectivity index (χ0v) is 14.0. The third-order valence-corrected chi connectivity index (χ3v) is 5.63. The van der Waals surface area contributed by atoms with Crippen molar-refractivity contribution in [3.05, 3.63) is 28.3 Å². The molecule has 0 heterocycles. The van der Waals surface area contributed by atoms with Gasteiger partial charge in [0.05, 0.1) is 15.7 Å². The summed E-state index contributed by atoms with van der Waals surface area (Å²) in [6.07, 6.45) is 3.07. The van der Waals surface area contributed by atoms with E-state index in [1.807, 2.05) is 0 Å². The number of nitro benzene ring substituents is 1. The Kier molecular flexibility index (Phi) is 5.40. The second-order valence-corrected chi connectivity index (χ2v) is 7.57. The fourth-order valence-corrected chi connectivity index (χ4v) is 3.66. The number of amides is 1. The molecule has 1 fully saturated rings. The van der Waals surface area contributed by atoms with Crippen molar-refractivity contribution in [2.45, 2.75) is 36.6 Å². The summed E-state index contributed by atoms with van der Waals surface area (Å²) in [5, 5.41) is 14.3. The molecule has 0 bridgehead atoms. The monoisotopic (exact) mass is 356 g/mol. The van der Waals surface area contributed by atoms with Crippen LogP contribution >= 0.6 is 0 Å². The molecular weight excluding hydrogens is 336 g/mol. The molecule has 1 aromatic carbocycles. The molecule has 0 saturated heterocycles. The molecule has 0 aromatic heterocycles. The predicted octanol–water partition coefficient (Wildman–Crippen LogP) is 0.959. The second-order valence-electron chi connectivity index (χ2n) is 5.69. The molecule has 1 amide bonds. The molecule has 0 aliphatic heterocycles. The Morgan fingerprint density at radius 1 is 1.33 bits per heavy atom. The molecular formula is C14H20N4O5S. The van der Waals surface area contributed by atoms with Gasteiger partial charge < -0.3 is 11.1 Å². The highest BCUT2D eigenvalue weighted by Crippen LogP contribution is 2.32. The van der Waals surface area contributed by atoms with E-state index < -0.39 is 26.8 Å². The maximum Gasteiger partial charge on any atom is 0.293 e. The zero-order chi connectivity index (χ0) is 17.9. The van der Waals surface area contributed by atoms with E-state index in [0.717, 1.165) is 18.9 Å². The molecule has 132 valence electrons. The summed E-state index contributed by atoms with van der Waals surface area (Å²) in [6, 6.07) is 3.32. The van der Waals surface area contributed by atoms with Crippen LogP contribution in [0.2, 0.25) is 0 Å². The van der Waals surface area contributed by atoms with Crippen molar-refractivity contribution in [1.29, 1.82) is 0 Å². The summed E-state index contributed by atoms with van der Waals surface area (Å²) in [7, 11) is -2.56. The van der Waals surface area contributed by atoms with E-state index in [-0.39, 0.29) is 22.3 Å². The smallest absolute Gasteiger partial charge is 0.293 e. The summed E-state index contributed by atoms with van der Waals surface area (Å²) in [6.45, 7) is 0. The van der Waals surface area contributed by atoms with Crippen LogP contribution in [-0.2, 0) is 14.8 Å². The third kappa shape index (κ3) is 3.82. The van der Waals surface area contributed by atoms with E-state index in [9.17, 15) is 23.3 Å². The van der Waals surface area contributed by atoms with E-state index >= 15 is 0 Å². The highest BCUT2D eigenvalue weighted by Gasteiger charge is 2.31. The number of nitro groups is 1. The average Bonchev–Trinajstić information content (AvgIpc) is 2.55. The molecule has 1 aromatic rings.